The van der Waals surface area contributed by atoms with Gasteiger partial charge in [-0.25, -0.2) is 9.59 Å². The molecule has 8 nitrogen and oxygen atoms in total. The Morgan fingerprint density at radius 3 is 2.35 bits per heavy atom. The van der Waals surface area contributed by atoms with Crippen LogP contribution in [0.2, 0.25) is 0 Å². The van der Waals surface area contributed by atoms with Crippen molar-refractivity contribution < 1.29 is 36.7 Å². The molecule has 3 heterocycles. The number of anilines is 1. The van der Waals surface area contributed by atoms with E-state index >= 15 is 0 Å². The predicted octanol–water partition coefficient (Wildman–Crippen LogP) is 5.37. The molecule has 2 unspecified atom stereocenters. The number of rotatable bonds is 3. The molecule has 0 radical (unpaired) electrons. The lowest BCUT2D eigenvalue weighted by Gasteiger charge is -2.40. The van der Waals surface area contributed by atoms with Crippen molar-refractivity contribution in [3.05, 3.63) is 21.7 Å². The fraction of sp³-hybridized carbons (Fsp3) is 0.591. The van der Waals surface area contributed by atoms with Gasteiger partial charge in [0.1, 0.15) is 11.1 Å². The minimum atomic E-state index is -4.86. The Labute approximate surface area is 202 Å². The van der Waals surface area contributed by atoms with Crippen molar-refractivity contribution in [3.8, 4) is 0 Å². The maximum absolute atomic E-state index is 14.0. The first-order valence-electron chi connectivity index (χ1n) is 10.9. The van der Waals surface area contributed by atoms with Crippen LogP contribution in [0, 0.1) is 0 Å². The molecule has 1 aromatic carbocycles. The Kier molecular flexibility index (Phi) is 6.24. The summed E-state index contributed by atoms with van der Waals surface area (Å²) in [6, 6.07) is 0.693. The summed E-state index contributed by atoms with van der Waals surface area (Å²) < 4.78 is 58.2. The number of oxazole rings is 1. The number of hydrogen-bond donors (Lipinski definition) is 0. The minimum Gasteiger partial charge on any atom is -0.462 e. The van der Waals surface area contributed by atoms with Gasteiger partial charge in [0, 0.05) is 13.1 Å². The van der Waals surface area contributed by atoms with Gasteiger partial charge in [0.15, 0.2) is 5.58 Å². The monoisotopic (exact) mass is 547 g/mol. The van der Waals surface area contributed by atoms with Crippen molar-refractivity contribution >= 4 is 45.1 Å². The van der Waals surface area contributed by atoms with Gasteiger partial charge in [-0.05, 0) is 62.5 Å². The number of ether oxygens (including phenoxy) is 2. The molecule has 1 aromatic heterocycles. The highest BCUT2D eigenvalue weighted by Crippen LogP contribution is 2.43. The van der Waals surface area contributed by atoms with Crippen LogP contribution in [0.3, 0.4) is 0 Å². The maximum atomic E-state index is 14.0. The lowest BCUT2D eigenvalue weighted by Crippen LogP contribution is -2.56. The van der Waals surface area contributed by atoms with Crippen molar-refractivity contribution in [2.75, 3.05) is 24.6 Å². The van der Waals surface area contributed by atoms with Crippen molar-refractivity contribution in [3.63, 3.8) is 0 Å². The Morgan fingerprint density at radius 1 is 1.21 bits per heavy atom. The number of alkyl halides is 3. The minimum absolute atomic E-state index is 0.00273. The molecule has 1 amide bonds. The number of amides is 1. The third-order valence-electron chi connectivity index (χ3n) is 5.75. The second-order valence-corrected chi connectivity index (χ2v) is 10.2. The number of carbonyl (C=O) groups is 2. The Morgan fingerprint density at radius 2 is 1.82 bits per heavy atom. The molecule has 2 aromatic rings. The number of nitrogens with zero attached hydrogens (tertiary/aromatic N) is 3. The summed E-state index contributed by atoms with van der Waals surface area (Å²) >= 11 is 3.20. The van der Waals surface area contributed by atoms with Crippen LogP contribution in [0.4, 0.5) is 24.0 Å². The molecule has 2 fully saturated rings. The zero-order chi connectivity index (χ0) is 25.0. The van der Waals surface area contributed by atoms with Gasteiger partial charge < -0.3 is 18.8 Å². The van der Waals surface area contributed by atoms with Crippen molar-refractivity contribution in [1.82, 2.24) is 9.88 Å². The van der Waals surface area contributed by atoms with E-state index in [1.807, 2.05) is 0 Å². The van der Waals surface area contributed by atoms with E-state index < -0.39 is 40.5 Å². The number of aromatic nitrogens is 1. The lowest BCUT2D eigenvalue weighted by molar-refractivity contribution is -0.137. The first-order valence-corrected chi connectivity index (χ1v) is 11.7. The number of fused-ring (bicyclic) bond motifs is 3. The highest BCUT2D eigenvalue weighted by atomic mass is 79.9. The molecule has 2 saturated heterocycles. The Bertz CT molecular complexity index is 1110. The standard InChI is InChI=1S/C22H25BrF3N3O5/c1-5-32-18(30)13-8-14(23)17-16(15(13)22(24,25)26)27-19(33-17)28-9-11-6-7-12(10-28)29(11)20(31)34-21(2,3)4/h8,11-12H,5-7,9-10H2,1-4H3. The van der Waals surface area contributed by atoms with Crippen LogP contribution in [0.25, 0.3) is 11.1 Å². The SMILES string of the molecule is CCOC(=O)c1cc(Br)c2oc(N3CC4CCC(C3)N4C(=O)OC(C)(C)C)nc2c1C(F)(F)F. The third-order valence-corrected chi connectivity index (χ3v) is 6.33. The largest absolute Gasteiger partial charge is 0.462 e. The van der Waals surface area contributed by atoms with Crippen molar-refractivity contribution in [2.24, 2.45) is 0 Å². The molecule has 2 atom stereocenters. The predicted molar refractivity (Wildman–Crippen MR) is 120 cm³/mol. The van der Waals surface area contributed by atoms with E-state index in [9.17, 15) is 22.8 Å². The van der Waals surface area contributed by atoms with Crippen molar-refractivity contribution in [1.29, 1.82) is 0 Å². The maximum Gasteiger partial charge on any atom is 0.419 e. The summed E-state index contributed by atoms with van der Waals surface area (Å²) in [7, 11) is 0. The summed E-state index contributed by atoms with van der Waals surface area (Å²) in [5, 5.41) is 0. The molecular formula is C22H25BrF3N3O5. The number of esters is 1. The van der Waals surface area contributed by atoms with E-state index in [4.69, 9.17) is 13.9 Å². The molecule has 0 aliphatic carbocycles. The summed E-state index contributed by atoms with van der Waals surface area (Å²) in [5.41, 5.74) is -3.05. The molecule has 4 rings (SSSR count). The quantitative estimate of drug-likeness (QED) is 0.477. The molecule has 0 N–H and O–H groups in total. The Balaban J connectivity index is 1.69. The zero-order valence-electron chi connectivity index (χ0n) is 19.2. The second-order valence-electron chi connectivity index (χ2n) is 9.35. The Hall–Kier alpha value is -2.50. The van der Waals surface area contributed by atoms with Crippen LogP contribution < -0.4 is 4.90 Å². The molecule has 0 saturated carbocycles. The van der Waals surface area contributed by atoms with Gasteiger partial charge in [0.05, 0.1) is 34.3 Å². The number of halogens is 4. The summed E-state index contributed by atoms with van der Waals surface area (Å²) in [4.78, 5) is 32.5. The van der Waals surface area contributed by atoms with Crippen LogP contribution in [-0.2, 0) is 15.7 Å². The van der Waals surface area contributed by atoms with E-state index in [-0.39, 0.29) is 34.8 Å². The fourth-order valence-corrected chi connectivity index (χ4v) is 4.99. The normalized spacial score (nSPS) is 20.7. The average Bonchev–Trinajstić information content (AvgIpc) is 3.25. The van der Waals surface area contributed by atoms with E-state index in [1.54, 1.807) is 30.6 Å². The molecule has 186 valence electrons. The summed E-state index contributed by atoms with van der Waals surface area (Å²) in [5.74, 6) is -1.09. The van der Waals surface area contributed by atoms with E-state index in [0.717, 1.165) is 18.9 Å². The average molecular weight is 548 g/mol. The van der Waals surface area contributed by atoms with Crippen LogP contribution in [-0.4, -0.2) is 59.3 Å². The highest BCUT2D eigenvalue weighted by molar-refractivity contribution is 9.10. The topological polar surface area (TPSA) is 85.1 Å². The molecular weight excluding hydrogens is 523 g/mol. The van der Waals surface area contributed by atoms with Gasteiger partial charge in [0.2, 0.25) is 0 Å². The van der Waals surface area contributed by atoms with Gasteiger partial charge in [-0.1, -0.05) is 0 Å². The van der Waals surface area contributed by atoms with Crippen molar-refractivity contribution in [2.45, 2.75) is 64.4 Å². The number of hydrogen-bond acceptors (Lipinski definition) is 7. The number of carbonyl (C=O) groups excluding carboxylic acids is 2. The molecule has 12 heteroatoms. The lowest BCUT2D eigenvalue weighted by atomic mass is 10.1. The molecule has 2 bridgehead atoms. The van der Waals surface area contributed by atoms with Gasteiger partial charge in [0.25, 0.3) is 6.01 Å². The van der Waals surface area contributed by atoms with Gasteiger partial charge in [-0.15, -0.1) is 0 Å². The fourth-order valence-electron chi connectivity index (χ4n) is 4.50. The van der Waals surface area contributed by atoms with E-state index in [2.05, 4.69) is 20.9 Å². The smallest absolute Gasteiger partial charge is 0.419 e. The third kappa shape index (κ3) is 4.56. The summed E-state index contributed by atoms with van der Waals surface area (Å²) in [6.45, 7) is 7.50. The first kappa shape index (κ1) is 24.6. The number of piperazine rings is 1. The van der Waals surface area contributed by atoms with Gasteiger partial charge in [-0.3, -0.25) is 4.90 Å². The molecule has 0 spiro atoms. The summed E-state index contributed by atoms with van der Waals surface area (Å²) in [6.07, 6.45) is -3.78. The van der Waals surface area contributed by atoms with Gasteiger partial charge >= 0.3 is 18.2 Å². The first-order chi connectivity index (χ1) is 15.8. The molecule has 2 aliphatic heterocycles. The van der Waals surface area contributed by atoms with Crippen LogP contribution in [0.15, 0.2) is 15.0 Å². The molecule has 2 aliphatic rings. The van der Waals surface area contributed by atoms with Crippen LogP contribution in [0.1, 0.15) is 56.5 Å². The van der Waals surface area contributed by atoms with E-state index in [1.165, 1.54) is 6.92 Å². The molecule has 34 heavy (non-hydrogen) atoms. The van der Waals surface area contributed by atoms with Gasteiger partial charge in [-0.2, -0.15) is 18.2 Å². The highest BCUT2D eigenvalue weighted by Gasteiger charge is 2.46. The zero-order valence-corrected chi connectivity index (χ0v) is 20.7. The van der Waals surface area contributed by atoms with E-state index in [0.29, 0.717) is 13.1 Å². The van der Waals surface area contributed by atoms with Crippen LogP contribution >= 0.6 is 15.9 Å². The second kappa shape index (κ2) is 8.62. The van der Waals surface area contributed by atoms with Crippen LogP contribution in [0.5, 0.6) is 0 Å². The number of benzene rings is 1.